The molecule has 27 heavy (non-hydrogen) atoms. The van der Waals surface area contributed by atoms with Crippen molar-refractivity contribution < 1.29 is 9.18 Å². The first kappa shape index (κ1) is 17.8. The van der Waals surface area contributed by atoms with E-state index in [9.17, 15) is 9.18 Å². The predicted octanol–water partition coefficient (Wildman–Crippen LogP) is 5.46. The number of carbonyl (C=O) groups excluding carboxylic acids is 1. The van der Waals surface area contributed by atoms with Crippen LogP contribution in [0.5, 0.6) is 0 Å². The Bertz CT molecular complexity index is 914. The fraction of sp³-hybridized carbons (Fsp3) is 0.348. The highest BCUT2D eigenvalue weighted by Crippen LogP contribution is 2.47. The van der Waals surface area contributed by atoms with Crippen LogP contribution in [-0.2, 0) is 4.79 Å². The molecule has 0 unspecified atom stereocenters. The number of hydrogen-bond acceptors (Lipinski definition) is 3. The van der Waals surface area contributed by atoms with Crippen molar-refractivity contribution in [1.29, 1.82) is 0 Å². The number of rotatable bonds is 2. The van der Waals surface area contributed by atoms with Gasteiger partial charge in [0.05, 0.1) is 17.4 Å². The van der Waals surface area contributed by atoms with Crippen LogP contribution in [0.3, 0.4) is 0 Å². The maximum atomic E-state index is 13.6. The zero-order chi connectivity index (χ0) is 19.2. The fourth-order valence-corrected chi connectivity index (χ4v) is 4.40. The van der Waals surface area contributed by atoms with Gasteiger partial charge < -0.3 is 10.2 Å². The van der Waals surface area contributed by atoms with Crippen molar-refractivity contribution in [3.05, 3.63) is 71.2 Å². The second-order valence-corrected chi connectivity index (χ2v) is 8.22. The van der Waals surface area contributed by atoms with Crippen LogP contribution in [0.25, 0.3) is 0 Å². The summed E-state index contributed by atoms with van der Waals surface area (Å²) in [5.41, 5.74) is 4.76. The lowest BCUT2D eigenvalue weighted by atomic mass is 9.73. The Kier molecular flexibility index (Phi) is 4.29. The second kappa shape index (κ2) is 6.52. The van der Waals surface area contributed by atoms with Crippen LogP contribution in [0.15, 0.2) is 59.8 Å². The normalized spacial score (nSPS) is 21.3. The molecule has 2 aliphatic rings. The first-order valence-corrected chi connectivity index (χ1v) is 9.54. The highest BCUT2D eigenvalue weighted by Gasteiger charge is 2.40. The van der Waals surface area contributed by atoms with E-state index in [-0.39, 0.29) is 23.1 Å². The zero-order valence-electron chi connectivity index (χ0n) is 16.1. The minimum absolute atomic E-state index is 0.0768. The van der Waals surface area contributed by atoms with Crippen LogP contribution in [0.1, 0.15) is 45.2 Å². The highest BCUT2D eigenvalue weighted by molar-refractivity contribution is 6.01. The largest absolute Gasteiger partial charge is 0.359 e. The minimum atomic E-state index is -0.265. The van der Waals surface area contributed by atoms with Gasteiger partial charge in [0.15, 0.2) is 5.78 Å². The molecule has 1 heterocycles. The summed E-state index contributed by atoms with van der Waals surface area (Å²) in [7, 11) is 0. The summed E-state index contributed by atoms with van der Waals surface area (Å²) in [5.74, 6) is -0.0893. The standard InChI is InChI=1S/C23H25FN2O/c1-4-26-19-8-6-5-7-17(19)25-18-13-23(2,3)14-20(27)21(18)22(26)15-9-11-16(24)12-10-15/h5-12,22,25H,4,13-14H2,1-3H3/t22-/m1/s1. The van der Waals surface area contributed by atoms with Gasteiger partial charge in [-0.15, -0.1) is 0 Å². The molecule has 140 valence electrons. The number of hydrogen-bond donors (Lipinski definition) is 1. The van der Waals surface area contributed by atoms with Gasteiger partial charge in [-0.3, -0.25) is 4.79 Å². The van der Waals surface area contributed by atoms with Crippen LogP contribution in [0.2, 0.25) is 0 Å². The van der Waals surface area contributed by atoms with Crippen LogP contribution in [0, 0.1) is 11.2 Å². The quantitative estimate of drug-likeness (QED) is 0.768. The van der Waals surface area contributed by atoms with Crippen molar-refractivity contribution in [2.24, 2.45) is 5.41 Å². The van der Waals surface area contributed by atoms with Crippen molar-refractivity contribution in [2.75, 3.05) is 16.8 Å². The predicted molar refractivity (Wildman–Crippen MR) is 107 cm³/mol. The Labute approximate surface area is 159 Å². The smallest absolute Gasteiger partial charge is 0.163 e. The van der Waals surface area contributed by atoms with E-state index in [1.54, 1.807) is 12.1 Å². The second-order valence-electron chi connectivity index (χ2n) is 8.22. The van der Waals surface area contributed by atoms with E-state index in [0.717, 1.165) is 41.2 Å². The van der Waals surface area contributed by atoms with Gasteiger partial charge in [-0.2, -0.15) is 0 Å². The van der Waals surface area contributed by atoms with Crippen LogP contribution in [0.4, 0.5) is 15.8 Å². The first-order valence-electron chi connectivity index (χ1n) is 9.54. The third-order valence-corrected chi connectivity index (χ3v) is 5.53. The molecule has 0 aromatic heterocycles. The summed E-state index contributed by atoms with van der Waals surface area (Å²) >= 11 is 0. The molecule has 4 heteroatoms. The number of nitrogens with one attached hydrogen (secondary N) is 1. The summed E-state index contributed by atoms with van der Waals surface area (Å²) in [6.45, 7) is 7.11. The lowest BCUT2D eigenvalue weighted by Crippen LogP contribution is -2.36. The van der Waals surface area contributed by atoms with E-state index in [4.69, 9.17) is 0 Å². The number of Topliss-reactive ketones (excluding diaryl/α,β-unsaturated/α-hetero) is 1. The minimum Gasteiger partial charge on any atom is -0.359 e. The monoisotopic (exact) mass is 364 g/mol. The van der Waals surface area contributed by atoms with E-state index < -0.39 is 0 Å². The van der Waals surface area contributed by atoms with E-state index in [0.29, 0.717) is 6.42 Å². The van der Waals surface area contributed by atoms with E-state index in [2.05, 4.69) is 43.1 Å². The molecule has 0 radical (unpaired) electrons. The molecule has 1 N–H and O–H groups in total. The molecular formula is C23H25FN2O. The molecule has 1 atom stereocenters. The van der Waals surface area contributed by atoms with Gasteiger partial charge in [-0.1, -0.05) is 38.1 Å². The Hall–Kier alpha value is -2.62. The lowest BCUT2D eigenvalue weighted by Gasteiger charge is -2.37. The van der Waals surface area contributed by atoms with Crippen molar-refractivity contribution >= 4 is 17.2 Å². The van der Waals surface area contributed by atoms with E-state index in [1.807, 2.05) is 12.1 Å². The zero-order valence-corrected chi connectivity index (χ0v) is 16.1. The Morgan fingerprint density at radius 1 is 1.11 bits per heavy atom. The third kappa shape index (κ3) is 3.14. The highest BCUT2D eigenvalue weighted by atomic mass is 19.1. The molecule has 3 nitrogen and oxygen atoms in total. The molecule has 0 amide bonds. The number of fused-ring (bicyclic) bond motifs is 1. The molecule has 0 bridgehead atoms. The van der Waals surface area contributed by atoms with Gasteiger partial charge >= 0.3 is 0 Å². The molecular weight excluding hydrogens is 339 g/mol. The number of likely N-dealkylation sites (N-methyl/N-ethyl adjacent to an activating group) is 1. The van der Waals surface area contributed by atoms with Gasteiger partial charge in [0.1, 0.15) is 5.82 Å². The van der Waals surface area contributed by atoms with Crippen molar-refractivity contribution in [2.45, 2.75) is 39.7 Å². The maximum absolute atomic E-state index is 13.6. The number of ketones is 1. The molecule has 2 aromatic rings. The van der Waals surface area contributed by atoms with Crippen LogP contribution >= 0.6 is 0 Å². The third-order valence-electron chi connectivity index (χ3n) is 5.53. The number of allylic oxidation sites excluding steroid dienone is 1. The van der Waals surface area contributed by atoms with Crippen molar-refractivity contribution in [3.63, 3.8) is 0 Å². The molecule has 4 rings (SSSR count). The van der Waals surface area contributed by atoms with Crippen molar-refractivity contribution in [1.82, 2.24) is 0 Å². The molecule has 0 saturated carbocycles. The number of para-hydroxylation sites is 2. The van der Waals surface area contributed by atoms with Gasteiger partial charge in [-0.05, 0) is 48.6 Å². The SMILES string of the molecule is CCN1c2ccccc2NC2=C(C(=O)CC(C)(C)C2)[C@H]1c1ccc(F)cc1. The Morgan fingerprint density at radius 3 is 2.52 bits per heavy atom. The molecule has 1 aliphatic heterocycles. The lowest BCUT2D eigenvalue weighted by molar-refractivity contribution is -0.118. The molecule has 0 spiro atoms. The summed E-state index contributed by atoms with van der Waals surface area (Å²) in [5, 5.41) is 3.57. The average molecular weight is 364 g/mol. The average Bonchev–Trinajstić information content (AvgIpc) is 2.75. The Morgan fingerprint density at radius 2 is 1.81 bits per heavy atom. The number of halogens is 1. The van der Waals surface area contributed by atoms with Gasteiger partial charge in [0, 0.05) is 24.2 Å². The number of benzene rings is 2. The van der Waals surface area contributed by atoms with Crippen LogP contribution < -0.4 is 10.2 Å². The van der Waals surface area contributed by atoms with Crippen LogP contribution in [-0.4, -0.2) is 12.3 Å². The van der Waals surface area contributed by atoms with Gasteiger partial charge in [0.2, 0.25) is 0 Å². The number of carbonyl (C=O) groups is 1. The summed E-state index contributed by atoms with van der Waals surface area (Å²) in [6, 6.07) is 14.5. The van der Waals surface area contributed by atoms with Crippen molar-refractivity contribution in [3.8, 4) is 0 Å². The maximum Gasteiger partial charge on any atom is 0.163 e. The Balaban J connectivity index is 1.96. The first-order chi connectivity index (χ1) is 12.9. The summed E-state index contributed by atoms with van der Waals surface area (Å²) < 4.78 is 13.6. The van der Waals surface area contributed by atoms with E-state index >= 15 is 0 Å². The van der Waals surface area contributed by atoms with Gasteiger partial charge in [0.25, 0.3) is 0 Å². The fourth-order valence-electron chi connectivity index (χ4n) is 4.40. The molecule has 0 fully saturated rings. The number of anilines is 2. The van der Waals surface area contributed by atoms with E-state index in [1.165, 1.54) is 12.1 Å². The molecule has 0 saturated heterocycles. The topological polar surface area (TPSA) is 32.3 Å². The summed E-state index contributed by atoms with van der Waals surface area (Å²) in [4.78, 5) is 15.5. The van der Waals surface area contributed by atoms with Gasteiger partial charge in [-0.25, -0.2) is 4.39 Å². The molecule has 2 aromatic carbocycles. The number of nitrogens with zero attached hydrogens (tertiary/aromatic N) is 1. The molecule has 1 aliphatic carbocycles. The summed E-state index contributed by atoms with van der Waals surface area (Å²) in [6.07, 6.45) is 1.34.